The lowest BCUT2D eigenvalue weighted by atomic mass is 10.1. The van der Waals surface area contributed by atoms with Crippen LogP contribution in [0.5, 0.6) is 0 Å². The zero-order valence-electron chi connectivity index (χ0n) is 17.3. The van der Waals surface area contributed by atoms with Gasteiger partial charge >= 0.3 is 11.9 Å². The molecule has 0 radical (unpaired) electrons. The fraction of sp³-hybridized carbons (Fsp3) is 0.316. The van der Waals surface area contributed by atoms with Crippen molar-refractivity contribution < 1.29 is 24.6 Å². The Morgan fingerprint density at radius 3 is 2.72 bits per heavy atom. The molecule has 0 aromatic carbocycles. The Kier molecular flexibility index (Phi) is 6.48. The highest BCUT2D eigenvalue weighted by molar-refractivity contribution is 7.18. The average molecular weight is 462 g/mol. The third kappa shape index (κ3) is 4.88. The van der Waals surface area contributed by atoms with Crippen LogP contribution in [0.2, 0.25) is 0 Å². The standard InChI is InChI=1S/C19H22N6O6S/c1-24(7-9-8-25(2)15-14(9)17(29)23-19(20)22-15)12-5-4-11(32-12)16(28)21-10(18(30)31)3-6-13(26)27/h4-5,8,10H,3,6-7H2,1-2H3,(H,21,28)(H,26,27)(H,30,31)(H3,20,22,23,29)/t10-/m0/s1. The van der Waals surface area contributed by atoms with Crippen LogP contribution in [-0.4, -0.2) is 55.7 Å². The number of H-pyrrole nitrogens is 1. The number of rotatable bonds is 9. The molecule has 32 heavy (non-hydrogen) atoms. The second-order valence-corrected chi connectivity index (χ2v) is 8.27. The normalized spacial score (nSPS) is 11.9. The second-order valence-electron chi connectivity index (χ2n) is 7.21. The van der Waals surface area contributed by atoms with Crippen molar-refractivity contribution >= 4 is 51.2 Å². The first kappa shape index (κ1) is 22.8. The summed E-state index contributed by atoms with van der Waals surface area (Å²) in [5.41, 5.74) is 6.46. The number of carboxylic acid groups (broad SMARTS) is 2. The summed E-state index contributed by atoms with van der Waals surface area (Å²) in [4.78, 5) is 55.6. The van der Waals surface area contributed by atoms with Crippen molar-refractivity contribution in [1.29, 1.82) is 0 Å². The summed E-state index contributed by atoms with van der Waals surface area (Å²) in [5, 5.41) is 21.4. The van der Waals surface area contributed by atoms with E-state index in [1.807, 2.05) is 4.90 Å². The molecule has 0 fully saturated rings. The third-order valence-corrected chi connectivity index (χ3v) is 5.97. The molecule has 3 aromatic rings. The van der Waals surface area contributed by atoms with E-state index in [1.54, 1.807) is 37.0 Å². The lowest BCUT2D eigenvalue weighted by Crippen LogP contribution is -2.40. The van der Waals surface area contributed by atoms with Crippen molar-refractivity contribution in [1.82, 2.24) is 19.9 Å². The van der Waals surface area contributed by atoms with Gasteiger partial charge in [-0.15, -0.1) is 11.3 Å². The number of carbonyl (C=O) groups is 3. The van der Waals surface area contributed by atoms with Crippen LogP contribution in [0.15, 0.2) is 23.1 Å². The predicted molar refractivity (Wildman–Crippen MR) is 118 cm³/mol. The molecule has 1 atom stereocenters. The number of nitrogens with zero attached hydrogens (tertiary/aromatic N) is 3. The van der Waals surface area contributed by atoms with Gasteiger partial charge in [-0.1, -0.05) is 0 Å². The summed E-state index contributed by atoms with van der Waals surface area (Å²) in [5.74, 6) is -3.02. The van der Waals surface area contributed by atoms with Crippen molar-refractivity contribution in [3.05, 3.63) is 39.1 Å². The van der Waals surface area contributed by atoms with Gasteiger partial charge in [-0.05, 0) is 18.6 Å². The molecule has 1 amide bonds. The van der Waals surface area contributed by atoms with Crippen LogP contribution < -0.4 is 21.5 Å². The Hall–Kier alpha value is -3.87. The summed E-state index contributed by atoms with van der Waals surface area (Å²) in [6, 6.07) is 1.96. The SMILES string of the molecule is CN(Cc1cn(C)c2nc(N)[nH]c(=O)c12)c1ccc(C(=O)N[C@@H](CCC(=O)O)C(=O)O)s1. The number of nitrogens with one attached hydrogen (secondary N) is 2. The number of thiophene rings is 1. The van der Waals surface area contributed by atoms with Gasteiger partial charge in [0.05, 0.1) is 15.3 Å². The first-order chi connectivity index (χ1) is 15.1. The minimum Gasteiger partial charge on any atom is -0.481 e. The minimum atomic E-state index is -1.30. The number of carboxylic acids is 2. The zero-order valence-corrected chi connectivity index (χ0v) is 18.1. The van der Waals surface area contributed by atoms with Gasteiger partial charge in [-0.25, -0.2) is 4.79 Å². The lowest BCUT2D eigenvalue weighted by Gasteiger charge is -2.16. The Morgan fingerprint density at radius 1 is 1.34 bits per heavy atom. The number of anilines is 2. The fourth-order valence-electron chi connectivity index (χ4n) is 3.25. The zero-order chi connectivity index (χ0) is 23.6. The highest BCUT2D eigenvalue weighted by Crippen LogP contribution is 2.28. The summed E-state index contributed by atoms with van der Waals surface area (Å²) < 4.78 is 1.71. The number of aliphatic carboxylic acids is 2. The van der Waals surface area contributed by atoms with E-state index < -0.39 is 23.9 Å². The van der Waals surface area contributed by atoms with Gasteiger partial charge in [0.2, 0.25) is 5.95 Å². The molecule has 3 heterocycles. The number of aromatic nitrogens is 3. The largest absolute Gasteiger partial charge is 0.481 e. The van der Waals surface area contributed by atoms with E-state index in [9.17, 15) is 24.3 Å². The average Bonchev–Trinajstić information content (AvgIpc) is 3.30. The van der Waals surface area contributed by atoms with Crippen LogP contribution in [0.25, 0.3) is 11.0 Å². The van der Waals surface area contributed by atoms with Gasteiger partial charge in [-0.3, -0.25) is 19.4 Å². The molecule has 0 bridgehead atoms. The third-order valence-electron chi connectivity index (χ3n) is 4.77. The second kappa shape index (κ2) is 9.09. The number of amides is 1. The van der Waals surface area contributed by atoms with Gasteiger partial charge < -0.3 is 30.7 Å². The molecule has 13 heteroatoms. The smallest absolute Gasteiger partial charge is 0.326 e. The number of carbonyl (C=O) groups excluding carboxylic acids is 1. The molecule has 3 aromatic heterocycles. The molecule has 6 N–H and O–H groups in total. The van der Waals surface area contributed by atoms with Crippen LogP contribution in [-0.2, 0) is 23.2 Å². The fourth-order valence-corrected chi connectivity index (χ4v) is 4.11. The van der Waals surface area contributed by atoms with Crippen LogP contribution >= 0.6 is 11.3 Å². The monoisotopic (exact) mass is 462 g/mol. The molecule has 0 unspecified atom stereocenters. The molecule has 0 saturated carbocycles. The minimum absolute atomic E-state index is 0.0283. The predicted octanol–water partition coefficient (Wildman–Crippen LogP) is 0.590. The quantitative estimate of drug-likeness (QED) is 0.304. The molecular weight excluding hydrogens is 440 g/mol. The van der Waals surface area contributed by atoms with E-state index in [1.165, 1.54) is 0 Å². The van der Waals surface area contributed by atoms with E-state index in [0.29, 0.717) is 22.6 Å². The Bertz CT molecular complexity index is 1240. The van der Waals surface area contributed by atoms with Crippen molar-refractivity contribution in [2.75, 3.05) is 17.7 Å². The molecule has 0 aliphatic rings. The number of aryl methyl sites for hydroxylation is 1. The van der Waals surface area contributed by atoms with Gasteiger partial charge in [0.15, 0.2) is 0 Å². The maximum atomic E-state index is 12.5. The van der Waals surface area contributed by atoms with E-state index in [2.05, 4.69) is 15.3 Å². The first-order valence-electron chi connectivity index (χ1n) is 9.47. The van der Waals surface area contributed by atoms with Crippen molar-refractivity contribution in [3.63, 3.8) is 0 Å². The van der Waals surface area contributed by atoms with Crippen LogP contribution in [0.4, 0.5) is 10.9 Å². The number of hydrogen-bond acceptors (Lipinski definition) is 8. The summed E-state index contributed by atoms with van der Waals surface area (Å²) >= 11 is 1.14. The number of nitrogen functional groups attached to an aromatic ring is 1. The molecule has 170 valence electrons. The van der Waals surface area contributed by atoms with Crippen molar-refractivity contribution in [2.24, 2.45) is 7.05 Å². The number of fused-ring (bicyclic) bond motifs is 1. The van der Waals surface area contributed by atoms with Crippen LogP contribution in [0, 0.1) is 0 Å². The van der Waals surface area contributed by atoms with E-state index >= 15 is 0 Å². The van der Waals surface area contributed by atoms with Crippen molar-refractivity contribution in [3.8, 4) is 0 Å². The highest BCUT2D eigenvalue weighted by atomic mass is 32.1. The lowest BCUT2D eigenvalue weighted by molar-refractivity contribution is -0.140. The molecular formula is C19H22N6O6S. The van der Waals surface area contributed by atoms with Crippen molar-refractivity contribution in [2.45, 2.75) is 25.4 Å². The summed E-state index contributed by atoms with van der Waals surface area (Å²) in [7, 11) is 3.55. The number of aromatic amines is 1. The number of nitrogens with two attached hydrogens (primary N) is 1. The Morgan fingerprint density at radius 2 is 2.06 bits per heavy atom. The van der Waals surface area contributed by atoms with E-state index in [0.717, 1.165) is 16.9 Å². The molecule has 3 rings (SSSR count). The summed E-state index contributed by atoms with van der Waals surface area (Å²) in [6.07, 6.45) is 1.19. The van der Waals surface area contributed by atoms with Gasteiger partial charge in [0.1, 0.15) is 11.7 Å². The molecule has 12 nitrogen and oxygen atoms in total. The van der Waals surface area contributed by atoms with E-state index in [4.69, 9.17) is 10.8 Å². The molecule has 0 aliphatic carbocycles. The molecule has 0 saturated heterocycles. The maximum Gasteiger partial charge on any atom is 0.326 e. The molecule has 0 aliphatic heterocycles. The summed E-state index contributed by atoms with van der Waals surface area (Å²) in [6.45, 7) is 0.351. The Balaban J connectivity index is 1.75. The van der Waals surface area contributed by atoms with Gasteiger partial charge in [0, 0.05) is 38.8 Å². The Labute approximate surface area is 185 Å². The van der Waals surface area contributed by atoms with Gasteiger partial charge in [-0.2, -0.15) is 4.98 Å². The van der Waals surface area contributed by atoms with E-state index in [-0.39, 0.29) is 29.2 Å². The van der Waals surface area contributed by atoms with Crippen LogP contribution in [0.1, 0.15) is 28.1 Å². The topological polar surface area (TPSA) is 184 Å². The number of hydrogen-bond donors (Lipinski definition) is 5. The van der Waals surface area contributed by atoms with Crippen LogP contribution in [0.3, 0.4) is 0 Å². The maximum absolute atomic E-state index is 12.5. The highest BCUT2D eigenvalue weighted by Gasteiger charge is 2.23. The first-order valence-corrected chi connectivity index (χ1v) is 10.3. The van der Waals surface area contributed by atoms with Gasteiger partial charge in [0.25, 0.3) is 11.5 Å². The molecule has 0 spiro atoms.